The van der Waals surface area contributed by atoms with Gasteiger partial charge in [0.2, 0.25) is 15.9 Å². The van der Waals surface area contributed by atoms with Crippen LogP contribution in [0.5, 0.6) is 0 Å². The quantitative estimate of drug-likeness (QED) is 0.532. The summed E-state index contributed by atoms with van der Waals surface area (Å²) in [7, 11) is -3.80. The molecule has 0 aliphatic heterocycles. The fraction of sp³-hybridized carbons (Fsp3) is 0.227. The summed E-state index contributed by atoms with van der Waals surface area (Å²) >= 11 is 0. The fourth-order valence-corrected chi connectivity index (χ4v) is 3.31. The standard InChI is InChI=1S/C22H23N3O5S/c1-15-4-8-18(9-5-15)12-13-31(27,28)23-14-20(26)29-17(3)21-24-25-22(30-21)19-10-6-16(2)7-11-19/h4-13,17,23H,14H2,1-3H3/b13-12+. The van der Waals surface area contributed by atoms with Crippen molar-refractivity contribution in [1.29, 1.82) is 0 Å². The summed E-state index contributed by atoms with van der Waals surface area (Å²) in [6, 6.07) is 14.9. The molecule has 0 fully saturated rings. The van der Waals surface area contributed by atoms with Crippen LogP contribution in [0.25, 0.3) is 17.5 Å². The number of rotatable bonds is 8. The number of hydrogen-bond acceptors (Lipinski definition) is 7. The number of aryl methyl sites for hydroxylation is 2. The zero-order chi connectivity index (χ0) is 22.4. The number of hydrogen-bond donors (Lipinski definition) is 1. The van der Waals surface area contributed by atoms with Crippen molar-refractivity contribution >= 4 is 22.1 Å². The van der Waals surface area contributed by atoms with E-state index >= 15 is 0 Å². The molecular formula is C22H23N3O5S. The Balaban J connectivity index is 1.53. The van der Waals surface area contributed by atoms with Gasteiger partial charge < -0.3 is 9.15 Å². The van der Waals surface area contributed by atoms with Gasteiger partial charge in [0, 0.05) is 11.0 Å². The van der Waals surface area contributed by atoms with Crippen LogP contribution in [-0.2, 0) is 19.6 Å². The molecule has 2 aromatic carbocycles. The summed E-state index contributed by atoms with van der Waals surface area (Å²) in [5, 5.41) is 8.86. The van der Waals surface area contributed by atoms with Gasteiger partial charge in [-0.05, 0) is 44.5 Å². The Bertz CT molecular complexity index is 1170. The highest BCUT2D eigenvalue weighted by atomic mass is 32.2. The van der Waals surface area contributed by atoms with Crippen molar-refractivity contribution < 1.29 is 22.4 Å². The highest BCUT2D eigenvalue weighted by Crippen LogP contribution is 2.22. The maximum absolute atomic E-state index is 12.1. The minimum atomic E-state index is -3.80. The van der Waals surface area contributed by atoms with Gasteiger partial charge in [0.1, 0.15) is 6.54 Å². The minimum absolute atomic E-state index is 0.117. The molecule has 3 aromatic rings. The van der Waals surface area contributed by atoms with Crippen LogP contribution in [0, 0.1) is 13.8 Å². The van der Waals surface area contributed by atoms with Gasteiger partial charge in [-0.15, -0.1) is 10.2 Å². The van der Waals surface area contributed by atoms with Gasteiger partial charge in [-0.25, -0.2) is 13.1 Å². The summed E-state index contributed by atoms with van der Waals surface area (Å²) in [6.07, 6.45) is 0.618. The molecule has 0 amide bonds. The second kappa shape index (κ2) is 9.67. The number of sulfonamides is 1. The third-order valence-electron chi connectivity index (χ3n) is 4.33. The molecule has 1 atom stereocenters. The molecule has 0 aliphatic rings. The topological polar surface area (TPSA) is 111 Å². The molecule has 162 valence electrons. The zero-order valence-electron chi connectivity index (χ0n) is 17.4. The van der Waals surface area contributed by atoms with Gasteiger partial charge in [-0.1, -0.05) is 47.5 Å². The van der Waals surface area contributed by atoms with Crippen LogP contribution in [0.15, 0.2) is 58.4 Å². The molecule has 0 saturated heterocycles. The molecule has 0 radical (unpaired) electrons. The predicted molar refractivity (Wildman–Crippen MR) is 116 cm³/mol. The molecule has 1 heterocycles. The molecular weight excluding hydrogens is 418 g/mol. The van der Waals surface area contributed by atoms with E-state index in [9.17, 15) is 13.2 Å². The van der Waals surface area contributed by atoms with E-state index in [2.05, 4.69) is 14.9 Å². The van der Waals surface area contributed by atoms with Crippen LogP contribution in [0.4, 0.5) is 0 Å². The average Bonchev–Trinajstić information content (AvgIpc) is 3.23. The second-order valence-corrected chi connectivity index (χ2v) is 8.67. The van der Waals surface area contributed by atoms with Gasteiger partial charge >= 0.3 is 5.97 Å². The molecule has 0 spiro atoms. The Labute approximate surface area is 181 Å². The fourth-order valence-electron chi connectivity index (χ4n) is 2.55. The van der Waals surface area contributed by atoms with Gasteiger partial charge in [0.05, 0.1) is 0 Å². The monoisotopic (exact) mass is 441 g/mol. The van der Waals surface area contributed by atoms with Crippen molar-refractivity contribution in [3.8, 4) is 11.5 Å². The predicted octanol–water partition coefficient (Wildman–Crippen LogP) is 3.55. The maximum atomic E-state index is 12.1. The van der Waals surface area contributed by atoms with E-state index in [4.69, 9.17) is 9.15 Å². The van der Waals surface area contributed by atoms with Gasteiger partial charge in [-0.2, -0.15) is 0 Å². The Morgan fingerprint density at radius 2 is 1.68 bits per heavy atom. The summed E-state index contributed by atoms with van der Waals surface area (Å²) in [6.45, 7) is 4.95. The summed E-state index contributed by atoms with van der Waals surface area (Å²) in [5.74, 6) is -0.346. The van der Waals surface area contributed by atoms with E-state index in [0.29, 0.717) is 5.89 Å². The van der Waals surface area contributed by atoms with E-state index in [1.807, 2.05) is 50.2 Å². The molecule has 31 heavy (non-hydrogen) atoms. The van der Waals surface area contributed by atoms with Crippen molar-refractivity contribution in [1.82, 2.24) is 14.9 Å². The SMILES string of the molecule is Cc1ccc(/C=C/S(=O)(=O)NCC(=O)OC(C)c2nnc(-c3ccc(C)cc3)o2)cc1. The Kier molecular flexibility index (Phi) is 6.98. The Morgan fingerprint density at radius 3 is 2.32 bits per heavy atom. The first-order valence-electron chi connectivity index (χ1n) is 9.56. The van der Waals surface area contributed by atoms with Crippen molar-refractivity contribution in [2.45, 2.75) is 26.9 Å². The van der Waals surface area contributed by atoms with E-state index in [0.717, 1.165) is 27.7 Å². The van der Waals surface area contributed by atoms with Gasteiger partial charge in [0.15, 0.2) is 6.10 Å². The first-order chi connectivity index (χ1) is 14.7. The first-order valence-corrected chi connectivity index (χ1v) is 11.1. The van der Waals surface area contributed by atoms with Crippen molar-refractivity contribution in [3.63, 3.8) is 0 Å². The average molecular weight is 442 g/mol. The van der Waals surface area contributed by atoms with Crippen molar-refractivity contribution in [2.24, 2.45) is 0 Å². The third kappa shape index (κ3) is 6.59. The van der Waals surface area contributed by atoms with Crippen molar-refractivity contribution in [2.75, 3.05) is 6.54 Å². The first kappa shape index (κ1) is 22.4. The largest absolute Gasteiger partial charge is 0.452 e. The van der Waals surface area contributed by atoms with E-state index in [-0.39, 0.29) is 5.89 Å². The smallest absolute Gasteiger partial charge is 0.321 e. The molecule has 1 aromatic heterocycles. The molecule has 1 unspecified atom stereocenters. The summed E-state index contributed by atoms with van der Waals surface area (Å²) in [5.41, 5.74) is 3.65. The molecule has 9 heteroatoms. The number of esters is 1. The van der Waals surface area contributed by atoms with Gasteiger partial charge in [0.25, 0.3) is 5.89 Å². The molecule has 0 bridgehead atoms. The van der Waals surface area contributed by atoms with Crippen molar-refractivity contribution in [3.05, 3.63) is 76.5 Å². The highest BCUT2D eigenvalue weighted by Gasteiger charge is 2.20. The van der Waals surface area contributed by atoms with Crippen LogP contribution in [0.1, 0.15) is 35.6 Å². The lowest BCUT2D eigenvalue weighted by Gasteiger charge is -2.09. The lowest BCUT2D eigenvalue weighted by atomic mass is 10.1. The molecule has 0 saturated carbocycles. The Morgan fingerprint density at radius 1 is 1.06 bits per heavy atom. The second-order valence-electron chi connectivity index (χ2n) is 7.02. The summed E-state index contributed by atoms with van der Waals surface area (Å²) < 4.78 is 37.1. The Hall–Kier alpha value is -3.30. The van der Waals surface area contributed by atoms with Crippen LogP contribution in [0.3, 0.4) is 0 Å². The highest BCUT2D eigenvalue weighted by molar-refractivity contribution is 7.92. The summed E-state index contributed by atoms with van der Waals surface area (Å²) in [4.78, 5) is 12.0. The van der Waals surface area contributed by atoms with Crippen LogP contribution >= 0.6 is 0 Å². The lowest BCUT2D eigenvalue weighted by Crippen LogP contribution is -2.29. The number of nitrogens with zero attached hydrogens (tertiary/aromatic N) is 2. The molecule has 1 N–H and O–H groups in total. The van der Waals surface area contributed by atoms with Crippen LogP contribution in [0.2, 0.25) is 0 Å². The number of nitrogens with one attached hydrogen (secondary N) is 1. The minimum Gasteiger partial charge on any atom is -0.452 e. The molecule has 8 nitrogen and oxygen atoms in total. The number of benzene rings is 2. The normalized spacial score (nSPS) is 12.7. The molecule has 3 rings (SSSR count). The number of aromatic nitrogens is 2. The van der Waals surface area contributed by atoms with E-state index in [1.54, 1.807) is 19.1 Å². The van der Waals surface area contributed by atoms with Crippen LogP contribution < -0.4 is 4.72 Å². The number of carbonyl (C=O) groups excluding carboxylic acids is 1. The van der Waals surface area contributed by atoms with Gasteiger partial charge in [-0.3, -0.25) is 4.79 Å². The third-order valence-corrected chi connectivity index (χ3v) is 5.37. The van der Waals surface area contributed by atoms with Crippen LogP contribution in [-0.4, -0.2) is 31.1 Å². The lowest BCUT2D eigenvalue weighted by molar-refractivity contribution is -0.148. The van der Waals surface area contributed by atoms with E-state index in [1.165, 1.54) is 6.08 Å². The number of carbonyl (C=O) groups is 1. The van der Waals surface area contributed by atoms with E-state index < -0.39 is 28.6 Å². The molecule has 0 aliphatic carbocycles. The maximum Gasteiger partial charge on any atom is 0.321 e. The zero-order valence-corrected chi connectivity index (χ0v) is 18.2. The number of ether oxygens (including phenoxy) is 1.